The minimum atomic E-state index is -0.00276. The Bertz CT molecular complexity index is 821. The molecule has 0 bridgehead atoms. The number of benzene rings is 1. The average Bonchev–Trinajstić information content (AvgIpc) is 2.60. The lowest BCUT2D eigenvalue weighted by Gasteiger charge is -2.35. The lowest BCUT2D eigenvalue weighted by Crippen LogP contribution is -2.51. The molecule has 1 aromatic heterocycles. The first kappa shape index (κ1) is 17.4. The maximum absolute atomic E-state index is 13.1. The first-order valence-corrected chi connectivity index (χ1v) is 8.83. The molecule has 1 fully saturated rings. The summed E-state index contributed by atoms with van der Waals surface area (Å²) in [7, 11) is 0. The van der Waals surface area contributed by atoms with Crippen molar-refractivity contribution in [2.45, 2.75) is 27.7 Å². The molecule has 5 nitrogen and oxygen atoms in total. The van der Waals surface area contributed by atoms with Gasteiger partial charge in [0, 0.05) is 43.2 Å². The van der Waals surface area contributed by atoms with Crippen LogP contribution in [0.15, 0.2) is 24.3 Å². The van der Waals surface area contributed by atoms with Gasteiger partial charge in [-0.05, 0) is 32.0 Å². The first-order chi connectivity index (χ1) is 11.9. The van der Waals surface area contributed by atoms with Crippen molar-refractivity contribution in [3.05, 3.63) is 41.1 Å². The monoisotopic (exact) mass is 339 g/mol. The van der Waals surface area contributed by atoms with Gasteiger partial charge in [-0.3, -0.25) is 14.6 Å². The first-order valence-electron chi connectivity index (χ1n) is 8.83. The summed E-state index contributed by atoms with van der Waals surface area (Å²) in [6.45, 7) is 10.1. The third kappa shape index (κ3) is 3.50. The zero-order valence-corrected chi connectivity index (χ0v) is 15.4. The molecular weight excluding hydrogens is 314 g/mol. The zero-order chi connectivity index (χ0) is 18.1. The molecule has 0 aliphatic carbocycles. The number of rotatable bonds is 2. The molecule has 2 aromatic rings. The Morgan fingerprint density at radius 1 is 1.00 bits per heavy atom. The van der Waals surface area contributed by atoms with E-state index in [0.717, 1.165) is 22.2 Å². The van der Waals surface area contributed by atoms with E-state index in [1.54, 1.807) is 0 Å². The van der Waals surface area contributed by atoms with E-state index in [9.17, 15) is 9.59 Å². The van der Waals surface area contributed by atoms with Gasteiger partial charge in [-0.15, -0.1) is 0 Å². The van der Waals surface area contributed by atoms with Crippen molar-refractivity contribution in [3.8, 4) is 0 Å². The predicted molar refractivity (Wildman–Crippen MR) is 98.5 cm³/mol. The molecule has 2 amide bonds. The Hall–Kier alpha value is -2.43. The second-order valence-corrected chi connectivity index (χ2v) is 7.10. The molecule has 132 valence electrons. The molecule has 1 aliphatic heterocycles. The molecule has 1 aliphatic rings. The van der Waals surface area contributed by atoms with Gasteiger partial charge in [0.2, 0.25) is 5.91 Å². The minimum Gasteiger partial charge on any atom is -0.339 e. The van der Waals surface area contributed by atoms with Crippen LogP contribution in [0.25, 0.3) is 10.9 Å². The Balaban J connectivity index is 1.84. The second-order valence-electron chi connectivity index (χ2n) is 7.10. The molecule has 0 radical (unpaired) electrons. The van der Waals surface area contributed by atoms with Crippen LogP contribution in [-0.4, -0.2) is 52.8 Å². The second kappa shape index (κ2) is 6.82. The fourth-order valence-corrected chi connectivity index (χ4v) is 3.31. The number of fused-ring (bicyclic) bond motifs is 1. The van der Waals surface area contributed by atoms with E-state index in [-0.39, 0.29) is 17.7 Å². The topological polar surface area (TPSA) is 53.5 Å². The molecule has 0 N–H and O–H groups in total. The number of hydrogen-bond donors (Lipinski definition) is 0. The van der Waals surface area contributed by atoms with E-state index < -0.39 is 0 Å². The maximum Gasteiger partial charge on any atom is 0.254 e. The highest BCUT2D eigenvalue weighted by molar-refractivity contribution is 6.06. The number of pyridine rings is 1. The lowest BCUT2D eigenvalue weighted by atomic mass is 10.0. The Morgan fingerprint density at radius 3 is 2.28 bits per heavy atom. The lowest BCUT2D eigenvalue weighted by molar-refractivity contribution is -0.135. The fourth-order valence-electron chi connectivity index (χ4n) is 3.31. The van der Waals surface area contributed by atoms with Crippen LogP contribution in [0.4, 0.5) is 0 Å². The molecule has 25 heavy (non-hydrogen) atoms. The van der Waals surface area contributed by atoms with Crippen molar-refractivity contribution in [1.82, 2.24) is 14.8 Å². The summed E-state index contributed by atoms with van der Waals surface area (Å²) in [5.74, 6) is 0.183. The van der Waals surface area contributed by atoms with E-state index >= 15 is 0 Å². The smallest absolute Gasteiger partial charge is 0.254 e. The van der Waals surface area contributed by atoms with Gasteiger partial charge < -0.3 is 9.80 Å². The van der Waals surface area contributed by atoms with Gasteiger partial charge in [0.25, 0.3) is 5.91 Å². The maximum atomic E-state index is 13.1. The molecule has 0 atom stereocenters. The molecule has 5 heteroatoms. The van der Waals surface area contributed by atoms with Crippen LogP contribution in [0.2, 0.25) is 0 Å². The molecule has 1 saturated heterocycles. The van der Waals surface area contributed by atoms with Gasteiger partial charge in [0.1, 0.15) is 0 Å². The van der Waals surface area contributed by atoms with Crippen LogP contribution in [-0.2, 0) is 4.79 Å². The van der Waals surface area contributed by atoms with Crippen molar-refractivity contribution in [3.63, 3.8) is 0 Å². The Labute approximate surface area is 148 Å². The van der Waals surface area contributed by atoms with E-state index in [0.29, 0.717) is 31.7 Å². The van der Waals surface area contributed by atoms with Crippen LogP contribution in [0.1, 0.15) is 35.5 Å². The average molecular weight is 339 g/mol. The van der Waals surface area contributed by atoms with Crippen molar-refractivity contribution < 1.29 is 9.59 Å². The highest BCUT2D eigenvalue weighted by Crippen LogP contribution is 2.22. The molecule has 3 rings (SSSR count). The third-order valence-electron chi connectivity index (χ3n) is 4.70. The molecule has 0 spiro atoms. The summed E-state index contributed by atoms with van der Waals surface area (Å²) in [5.41, 5.74) is 3.50. The quantitative estimate of drug-likeness (QED) is 0.845. The standard InChI is InChI=1S/C20H25N3O2/c1-13(2)19(24)22-7-9-23(10-8-22)20(25)17-12-15(4)21-18-6-5-14(3)11-16(17)18/h5-6,11-13H,7-10H2,1-4H3. The Morgan fingerprint density at radius 2 is 1.64 bits per heavy atom. The minimum absolute atomic E-state index is 0.00276. The highest BCUT2D eigenvalue weighted by atomic mass is 16.2. The van der Waals surface area contributed by atoms with Crippen molar-refractivity contribution >= 4 is 22.7 Å². The molecule has 1 aromatic carbocycles. The van der Waals surface area contributed by atoms with Crippen molar-refractivity contribution in [1.29, 1.82) is 0 Å². The highest BCUT2D eigenvalue weighted by Gasteiger charge is 2.27. The summed E-state index contributed by atoms with van der Waals surface area (Å²) < 4.78 is 0. The number of carbonyl (C=O) groups is 2. The van der Waals surface area contributed by atoms with Gasteiger partial charge in [-0.1, -0.05) is 25.5 Å². The van der Waals surface area contributed by atoms with E-state index in [2.05, 4.69) is 4.98 Å². The van der Waals surface area contributed by atoms with E-state index in [1.807, 2.05) is 61.8 Å². The number of hydrogen-bond acceptors (Lipinski definition) is 3. The van der Waals surface area contributed by atoms with E-state index in [1.165, 1.54) is 0 Å². The van der Waals surface area contributed by atoms with Crippen LogP contribution >= 0.6 is 0 Å². The van der Waals surface area contributed by atoms with Gasteiger partial charge in [0.15, 0.2) is 0 Å². The summed E-state index contributed by atoms with van der Waals surface area (Å²) in [5, 5.41) is 0.899. The van der Waals surface area contributed by atoms with Gasteiger partial charge in [0.05, 0.1) is 11.1 Å². The van der Waals surface area contributed by atoms with Crippen molar-refractivity contribution in [2.24, 2.45) is 5.92 Å². The summed E-state index contributed by atoms with van der Waals surface area (Å²) in [6, 6.07) is 7.87. The number of carbonyl (C=O) groups excluding carboxylic acids is 2. The third-order valence-corrected chi connectivity index (χ3v) is 4.70. The number of aromatic nitrogens is 1. The number of aryl methyl sites for hydroxylation is 2. The van der Waals surface area contributed by atoms with Crippen LogP contribution in [0.5, 0.6) is 0 Å². The largest absolute Gasteiger partial charge is 0.339 e. The van der Waals surface area contributed by atoms with Crippen LogP contribution in [0.3, 0.4) is 0 Å². The Kier molecular flexibility index (Phi) is 4.75. The predicted octanol–water partition coefficient (Wildman–Crippen LogP) is 2.79. The molecular formula is C20H25N3O2. The molecule has 2 heterocycles. The number of nitrogens with zero attached hydrogens (tertiary/aromatic N) is 3. The van der Waals surface area contributed by atoms with Gasteiger partial charge in [-0.2, -0.15) is 0 Å². The summed E-state index contributed by atoms with van der Waals surface area (Å²) in [6.07, 6.45) is 0. The van der Waals surface area contributed by atoms with E-state index in [4.69, 9.17) is 0 Å². The van der Waals surface area contributed by atoms with Gasteiger partial charge >= 0.3 is 0 Å². The molecule has 0 saturated carbocycles. The number of piperazine rings is 1. The summed E-state index contributed by atoms with van der Waals surface area (Å²) >= 11 is 0. The number of amides is 2. The fraction of sp³-hybridized carbons (Fsp3) is 0.450. The SMILES string of the molecule is Cc1ccc2nc(C)cc(C(=O)N3CCN(C(=O)C(C)C)CC3)c2c1. The molecule has 0 unspecified atom stereocenters. The zero-order valence-electron chi connectivity index (χ0n) is 15.4. The normalized spacial score (nSPS) is 15.1. The summed E-state index contributed by atoms with van der Waals surface area (Å²) in [4.78, 5) is 33.4. The van der Waals surface area contributed by atoms with Gasteiger partial charge in [-0.25, -0.2) is 0 Å². The van der Waals surface area contributed by atoms with Crippen LogP contribution in [0, 0.1) is 19.8 Å². The van der Waals surface area contributed by atoms with Crippen molar-refractivity contribution in [2.75, 3.05) is 26.2 Å². The van der Waals surface area contributed by atoms with Crippen LogP contribution < -0.4 is 0 Å².